The average molecular weight is 237 g/mol. The van der Waals surface area contributed by atoms with Crippen LogP contribution in [0.2, 0.25) is 0 Å². The van der Waals surface area contributed by atoms with Crippen molar-refractivity contribution in [2.24, 2.45) is 0 Å². The maximum absolute atomic E-state index is 11.6. The fourth-order valence-electron chi connectivity index (χ4n) is 1.72. The van der Waals surface area contributed by atoms with E-state index in [9.17, 15) is 9.59 Å². The van der Waals surface area contributed by atoms with Crippen molar-refractivity contribution in [3.63, 3.8) is 0 Å². The summed E-state index contributed by atoms with van der Waals surface area (Å²) >= 11 is 0. The van der Waals surface area contributed by atoms with E-state index in [1.165, 1.54) is 0 Å². The Hall–Kier alpha value is -2.03. The molecule has 0 atom stereocenters. The molecule has 1 rings (SSSR count). The molecule has 0 unspecified atom stereocenters. The summed E-state index contributed by atoms with van der Waals surface area (Å²) in [5.74, 6) is -1.49. The summed E-state index contributed by atoms with van der Waals surface area (Å²) in [6.45, 7) is -0.318. The minimum absolute atomic E-state index is 0.0989. The molecule has 0 bridgehead atoms. The van der Waals surface area contributed by atoms with Crippen LogP contribution >= 0.6 is 0 Å². The third kappa shape index (κ3) is 4.55. The van der Waals surface area contributed by atoms with Gasteiger partial charge in [-0.15, -0.1) is 0 Å². The molecule has 1 saturated carbocycles. The molecule has 6 nitrogen and oxygen atoms in total. The molecule has 0 spiro atoms. The standard InChI is InChI=1S/C11H15N3O3/c12-5-8(6-13-7-10(15)16)11(17)14-9-3-1-2-4-9/h6,9,13H,1-4,7H2,(H,14,17)(H,15,16)/b8-6-. The molecule has 3 N–H and O–H groups in total. The Morgan fingerprint density at radius 3 is 2.59 bits per heavy atom. The number of carbonyl (C=O) groups excluding carboxylic acids is 1. The Morgan fingerprint density at radius 1 is 1.41 bits per heavy atom. The predicted molar refractivity (Wildman–Crippen MR) is 59.7 cm³/mol. The van der Waals surface area contributed by atoms with E-state index in [0.29, 0.717) is 0 Å². The van der Waals surface area contributed by atoms with Gasteiger partial charge in [-0.25, -0.2) is 0 Å². The van der Waals surface area contributed by atoms with Gasteiger partial charge < -0.3 is 15.7 Å². The second kappa shape index (κ2) is 6.53. The highest BCUT2D eigenvalue weighted by Crippen LogP contribution is 2.17. The second-order valence-corrected chi connectivity index (χ2v) is 3.90. The van der Waals surface area contributed by atoms with Crippen molar-refractivity contribution in [3.05, 3.63) is 11.8 Å². The first-order valence-electron chi connectivity index (χ1n) is 5.50. The molecule has 0 aliphatic heterocycles. The topological polar surface area (TPSA) is 102 Å². The third-order valence-corrected chi connectivity index (χ3v) is 2.56. The summed E-state index contributed by atoms with van der Waals surface area (Å²) in [5.41, 5.74) is -0.0989. The van der Waals surface area contributed by atoms with Crippen molar-refractivity contribution in [1.82, 2.24) is 10.6 Å². The summed E-state index contributed by atoms with van der Waals surface area (Å²) in [7, 11) is 0. The van der Waals surface area contributed by atoms with Crippen molar-refractivity contribution >= 4 is 11.9 Å². The number of hydrogen-bond donors (Lipinski definition) is 3. The Kier molecular flexibility index (Phi) is 5.01. The van der Waals surface area contributed by atoms with Crippen LogP contribution in [-0.4, -0.2) is 29.6 Å². The molecule has 0 saturated heterocycles. The third-order valence-electron chi connectivity index (χ3n) is 2.56. The normalized spacial score (nSPS) is 16.3. The number of carboxylic acid groups (broad SMARTS) is 1. The molecule has 17 heavy (non-hydrogen) atoms. The predicted octanol–water partition coefficient (Wildman–Crippen LogP) is 0.127. The number of rotatable bonds is 5. The molecular formula is C11H15N3O3. The lowest BCUT2D eigenvalue weighted by Crippen LogP contribution is -2.34. The van der Waals surface area contributed by atoms with Crippen molar-refractivity contribution in [1.29, 1.82) is 5.26 Å². The van der Waals surface area contributed by atoms with Gasteiger partial charge in [0.05, 0.1) is 0 Å². The lowest BCUT2D eigenvalue weighted by molar-refractivity contribution is -0.135. The smallest absolute Gasteiger partial charge is 0.322 e. The molecule has 0 aromatic carbocycles. The first kappa shape index (κ1) is 13.0. The van der Waals surface area contributed by atoms with Gasteiger partial charge in [-0.2, -0.15) is 5.26 Å². The van der Waals surface area contributed by atoms with E-state index in [1.54, 1.807) is 6.07 Å². The molecule has 1 aliphatic carbocycles. The van der Waals surface area contributed by atoms with Crippen LogP contribution in [0.5, 0.6) is 0 Å². The van der Waals surface area contributed by atoms with Gasteiger partial charge in [-0.1, -0.05) is 12.8 Å². The SMILES string of the molecule is N#C/C(=C/NCC(=O)O)C(=O)NC1CCCC1. The number of carbonyl (C=O) groups is 2. The lowest BCUT2D eigenvalue weighted by Gasteiger charge is -2.10. The summed E-state index contributed by atoms with van der Waals surface area (Å²) in [4.78, 5) is 21.9. The van der Waals surface area contributed by atoms with Crippen LogP contribution in [-0.2, 0) is 9.59 Å². The minimum atomic E-state index is -1.05. The van der Waals surface area contributed by atoms with E-state index in [2.05, 4.69) is 10.6 Å². The van der Waals surface area contributed by atoms with Crippen LogP contribution < -0.4 is 10.6 Å². The molecule has 0 aromatic rings. The fourth-order valence-corrected chi connectivity index (χ4v) is 1.72. The molecule has 1 fully saturated rings. The maximum Gasteiger partial charge on any atom is 0.322 e. The number of hydrogen-bond acceptors (Lipinski definition) is 4. The van der Waals surface area contributed by atoms with Crippen molar-refractivity contribution < 1.29 is 14.7 Å². The molecular weight excluding hydrogens is 222 g/mol. The van der Waals surface area contributed by atoms with E-state index in [-0.39, 0.29) is 18.2 Å². The number of nitrogens with one attached hydrogen (secondary N) is 2. The van der Waals surface area contributed by atoms with Crippen molar-refractivity contribution in [3.8, 4) is 6.07 Å². The lowest BCUT2D eigenvalue weighted by atomic mass is 10.2. The second-order valence-electron chi connectivity index (χ2n) is 3.90. The highest BCUT2D eigenvalue weighted by atomic mass is 16.4. The molecule has 0 heterocycles. The summed E-state index contributed by atoms with van der Waals surface area (Å²) in [6, 6.07) is 1.88. The minimum Gasteiger partial charge on any atom is -0.480 e. The Bertz CT molecular complexity index is 365. The number of aliphatic carboxylic acids is 1. The van der Waals surface area contributed by atoms with Gasteiger partial charge in [0.1, 0.15) is 18.2 Å². The van der Waals surface area contributed by atoms with Gasteiger partial charge in [0.2, 0.25) is 0 Å². The monoisotopic (exact) mass is 237 g/mol. The molecule has 92 valence electrons. The molecule has 1 amide bonds. The number of carboxylic acids is 1. The van der Waals surface area contributed by atoms with Crippen LogP contribution in [0.3, 0.4) is 0 Å². The van der Waals surface area contributed by atoms with Crippen LogP contribution in [0.4, 0.5) is 0 Å². The van der Waals surface area contributed by atoms with Gasteiger partial charge in [0.25, 0.3) is 5.91 Å². The largest absolute Gasteiger partial charge is 0.480 e. The average Bonchev–Trinajstić information content (AvgIpc) is 2.76. The Balaban J connectivity index is 2.45. The zero-order valence-corrected chi connectivity index (χ0v) is 9.40. The Morgan fingerprint density at radius 2 is 2.06 bits per heavy atom. The summed E-state index contributed by atoms with van der Waals surface area (Å²) in [5, 5.41) is 22.3. The molecule has 1 aliphatic rings. The highest BCUT2D eigenvalue weighted by molar-refractivity contribution is 5.97. The van der Waals surface area contributed by atoms with Crippen molar-refractivity contribution in [2.45, 2.75) is 31.7 Å². The summed E-state index contributed by atoms with van der Waals surface area (Å²) < 4.78 is 0. The molecule has 6 heteroatoms. The molecule has 0 aromatic heterocycles. The van der Waals surface area contributed by atoms with E-state index in [1.807, 2.05) is 0 Å². The van der Waals surface area contributed by atoms with Gasteiger partial charge in [-0.3, -0.25) is 9.59 Å². The zero-order valence-electron chi connectivity index (χ0n) is 9.40. The van der Waals surface area contributed by atoms with E-state index in [4.69, 9.17) is 10.4 Å². The zero-order chi connectivity index (χ0) is 12.7. The highest BCUT2D eigenvalue weighted by Gasteiger charge is 2.19. The fraction of sp³-hybridized carbons (Fsp3) is 0.545. The van der Waals surface area contributed by atoms with E-state index >= 15 is 0 Å². The summed E-state index contributed by atoms with van der Waals surface area (Å²) in [6.07, 6.45) is 5.19. The first-order chi connectivity index (χ1) is 8.13. The van der Waals surface area contributed by atoms with Crippen LogP contribution in [0.25, 0.3) is 0 Å². The van der Waals surface area contributed by atoms with Crippen LogP contribution in [0.1, 0.15) is 25.7 Å². The Labute approximate surface area is 99.3 Å². The van der Waals surface area contributed by atoms with Crippen LogP contribution in [0, 0.1) is 11.3 Å². The van der Waals surface area contributed by atoms with Crippen LogP contribution in [0.15, 0.2) is 11.8 Å². The van der Waals surface area contributed by atoms with Gasteiger partial charge >= 0.3 is 5.97 Å². The number of nitriles is 1. The van der Waals surface area contributed by atoms with E-state index in [0.717, 1.165) is 31.9 Å². The van der Waals surface area contributed by atoms with E-state index < -0.39 is 11.9 Å². The quantitative estimate of drug-likeness (QED) is 0.466. The molecule has 0 radical (unpaired) electrons. The van der Waals surface area contributed by atoms with Gasteiger partial charge in [-0.05, 0) is 12.8 Å². The number of amides is 1. The van der Waals surface area contributed by atoms with Gasteiger partial charge in [0.15, 0.2) is 0 Å². The maximum atomic E-state index is 11.6. The van der Waals surface area contributed by atoms with Gasteiger partial charge in [0, 0.05) is 12.2 Å². The number of nitrogens with zero attached hydrogens (tertiary/aromatic N) is 1. The van der Waals surface area contributed by atoms with Crippen molar-refractivity contribution in [2.75, 3.05) is 6.54 Å². The first-order valence-corrected chi connectivity index (χ1v) is 5.50.